The van der Waals surface area contributed by atoms with Gasteiger partial charge in [0.05, 0.1) is 5.75 Å². The van der Waals surface area contributed by atoms with Crippen LogP contribution in [-0.4, -0.2) is 8.42 Å². The lowest BCUT2D eigenvalue weighted by molar-refractivity contribution is 0.306. The van der Waals surface area contributed by atoms with Crippen LogP contribution < -0.4 is 9.46 Å². The molecule has 1 N–H and O–H groups in total. The van der Waals surface area contributed by atoms with Crippen LogP contribution in [0, 0.1) is 0 Å². The normalized spacial score (nSPS) is 11.1. The fourth-order valence-electron chi connectivity index (χ4n) is 2.38. The van der Waals surface area contributed by atoms with Gasteiger partial charge in [0.1, 0.15) is 12.4 Å². The maximum atomic E-state index is 12.3. The number of halogens is 1. The zero-order valence-electron chi connectivity index (χ0n) is 13.9. The molecule has 0 fully saturated rings. The molecule has 26 heavy (non-hydrogen) atoms. The zero-order chi connectivity index (χ0) is 18.4. The van der Waals surface area contributed by atoms with Crippen molar-refractivity contribution in [1.82, 2.24) is 0 Å². The molecule has 0 saturated carbocycles. The third-order valence-corrected chi connectivity index (χ3v) is 5.16. The minimum absolute atomic E-state index is 0.115. The second kappa shape index (κ2) is 8.25. The second-order valence-corrected chi connectivity index (χ2v) is 7.94. The largest absolute Gasteiger partial charge is 0.489 e. The van der Waals surface area contributed by atoms with Crippen LogP contribution in [0.3, 0.4) is 0 Å². The minimum atomic E-state index is -3.50. The molecule has 0 atom stereocenters. The van der Waals surface area contributed by atoms with Gasteiger partial charge in [-0.15, -0.1) is 0 Å². The molecule has 0 aliphatic carbocycles. The number of hydrogen-bond acceptors (Lipinski definition) is 3. The van der Waals surface area contributed by atoms with E-state index in [1.54, 1.807) is 48.5 Å². The summed E-state index contributed by atoms with van der Waals surface area (Å²) in [6, 6.07) is 23.4. The van der Waals surface area contributed by atoms with Crippen LogP contribution >= 0.6 is 11.6 Å². The monoisotopic (exact) mass is 387 g/mol. The highest BCUT2D eigenvalue weighted by Crippen LogP contribution is 2.19. The third-order valence-electron chi connectivity index (χ3n) is 3.65. The molecule has 3 aromatic rings. The van der Waals surface area contributed by atoms with E-state index in [-0.39, 0.29) is 5.75 Å². The van der Waals surface area contributed by atoms with E-state index in [9.17, 15) is 8.42 Å². The topological polar surface area (TPSA) is 55.4 Å². The van der Waals surface area contributed by atoms with Crippen LogP contribution in [0.2, 0.25) is 5.02 Å². The molecule has 0 heterocycles. The van der Waals surface area contributed by atoms with Gasteiger partial charge >= 0.3 is 0 Å². The van der Waals surface area contributed by atoms with Crippen molar-refractivity contribution in [2.75, 3.05) is 4.72 Å². The fourth-order valence-corrected chi connectivity index (χ4v) is 3.70. The summed E-state index contributed by atoms with van der Waals surface area (Å²) in [5.74, 6) is 0.561. The Balaban J connectivity index is 1.58. The summed E-state index contributed by atoms with van der Waals surface area (Å²) in [7, 11) is -3.50. The van der Waals surface area contributed by atoms with Crippen LogP contribution in [0.4, 0.5) is 5.69 Å². The van der Waals surface area contributed by atoms with Gasteiger partial charge in [-0.25, -0.2) is 8.42 Å². The van der Waals surface area contributed by atoms with Crippen molar-refractivity contribution in [2.45, 2.75) is 12.4 Å². The van der Waals surface area contributed by atoms with E-state index in [0.717, 1.165) is 5.56 Å². The molecule has 3 aromatic carbocycles. The number of anilines is 1. The number of ether oxygens (including phenoxy) is 1. The molecule has 0 spiro atoms. The lowest BCUT2D eigenvalue weighted by Gasteiger charge is -2.10. The van der Waals surface area contributed by atoms with Crippen molar-refractivity contribution in [3.05, 3.63) is 95.0 Å². The Hall–Kier alpha value is -2.50. The first-order valence-electron chi connectivity index (χ1n) is 8.02. The smallest absolute Gasteiger partial charge is 0.236 e. The molecule has 3 rings (SSSR count). The molecule has 0 aliphatic heterocycles. The SMILES string of the molecule is O=S(=O)(Cc1ccc(Cl)cc1)Nc1ccc(OCc2ccccc2)cc1. The zero-order valence-corrected chi connectivity index (χ0v) is 15.5. The Kier molecular flexibility index (Phi) is 5.81. The number of sulfonamides is 1. The average Bonchev–Trinajstić information content (AvgIpc) is 2.63. The number of hydrogen-bond donors (Lipinski definition) is 1. The van der Waals surface area contributed by atoms with Gasteiger partial charge in [0, 0.05) is 10.7 Å². The summed E-state index contributed by atoms with van der Waals surface area (Å²) in [5, 5.41) is 0.574. The highest BCUT2D eigenvalue weighted by molar-refractivity contribution is 7.91. The number of nitrogens with one attached hydrogen (secondary N) is 1. The lowest BCUT2D eigenvalue weighted by Crippen LogP contribution is -2.15. The second-order valence-electron chi connectivity index (χ2n) is 5.79. The highest BCUT2D eigenvalue weighted by atomic mass is 35.5. The number of benzene rings is 3. The van der Waals surface area contributed by atoms with Crippen molar-refractivity contribution in [2.24, 2.45) is 0 Å². The van der Waals surface area contributed by atoms with Crippen LogP contribution in [0.1, 0.15) is 11.1 Å². The molecular weight excluding hydrogens is 370 g/mol. The van der Waals surface area contributed by atoms with Crippen molar-refractivity contribution in [1.29, 1.82) is 0 Å². The summed E-state index contributed by atoms with van der Waals surface area (Å²) in [6.45, 7) is 0.461. The molecule has 0 amide bonds. The molecule has 6 heteroatoms. The van der Waals surface area contributed by atoms with Gasteiger partial charge in [0.15, 0.2) is 0 Å². The predicted molar refractivity (Wildman–Crippen MR) is 105 cm³/mol. The molecule has 4 nitrogen and oxygen atoms in total. The summed E-state index contributed by atoms with van der Waals surface area (Å²) >= 11 is 5.82. The van der Waals surface area contributed by atoms with Crippen LogP contribution in [-0.2, 0) is 22.4 Å². The molecule has 0 bridgehead atoms. The quantitative estimate of drug-likeness (QED) is 0.629. The Labute approximate surface area is 158 Å². The summed E-state index contributed by atoms with van der Waals surface area (Å²) in [5.41, 5.74) is 2.23. The maximum absolute atomic E-state index is 12.3. The van der Waals surface area contributed by atoms with Gasteiger partial charge in [-0.1, -0.05) is 54.1 Å². The molecule has 0 unspecified atom stereocenters. The van der Waals surface area contributed by atoms with E-state index in [1.165, 1.54) is 0 Å². The van der Waals surface area contributed by atoms with Crippen LogP contribution in [0.25, 0.3) is 0 Å². The van der Waals surface area contributed by atoms with Gasteiger partial charge in [-0.2, -0.15) is 0 Å². The average molecular weight is 388 g/mol. The van der Waals surface area contributed by atoms with E-state index in [4.69, 9.17) is 16.3 Å². The fraction of sp³-hybridized carbons (Fsp3) is 0.100. The van der Waals surface area contributed by atoms with Gasteiger partial charge < -0.3 is 4.74 Å². The first kappa shape index (κ1) is 18.3. The molecule has 0 radical (unpaired) electrons. The Bertz CT molecular complexity index is 941. The van der Waals surface area contributed by atoms with Crippen molar-refractivity contribution < 1.29 is 13.2 Å². The predicted octanol–water partition coefficient (Wildman–Crippen LogP) is 4.86. The third kappa shape index (κ3) is 5.51. The lowest BCUT2D eigenvalue weighted by atomic mass is 10.2. The summed E-state index contributed by atoms with van der Waals surface area (Å²) in [4.78, 5) is 0. The van der Waals surface area contributed by atoms with E-state index in [2.05, 4.69) is 4.72 Å². The van der Waals surface area contributed by atoms with Crippen LogP contribution in [0.15, 0.2) is 78.9 Å². The van der Waals surface area contributed by atoms with Crippen molar-refractivity contribution in [3.8, 4) is 5.75 Å². The summed E-state index contributed by atoms with van der Waals surface area (Å²) in [6.07, 6.45) is 0. The van der Waals surface area contributed by atoms with E-state index in [1.807, 2.05) is 30.3 Å². The molecule has 0 aromatic heterocycles. The number of rotatable bonds is 7. The van der Waals surface area contributed by atoms with Gasteiger partial charge in [-0.3, -0.25) is 4.72 Å². The first-order valence-corrected chi connectivity index (χ1v) is 10.0. The van der Waals surface area contributed by atoms with Gasteiger partial charge in [0.25, 0.3) is 0 Å². The molecule has 0 aliphatic rings. The Morgan fingerprint density at radius 2 is 1.46 bits per heavy atom. The highest BCUT2D eigenvalue weighted by Gasteiger charge is 2.12. The van der Waals surface area contributed by atoms with Crippen LogP contribution in [0.5, 0.6) is 5.75 Å². The molecular formula is C20H18ClNO3S. The standard InChI is InChI=1S/C20H18ClNO3S/c21-18-8-6-17(7-9-18)15-26(23,24)22-19-10-12-20(13-11-19)25-14-16-4-2-1-3-5-16/h1-13,22H,14-15H2. The maximum Gasteiger partial charge on any atom is 0.236 e. The molecule has 0 saturated heterocycles. The van der Waals surface area contributed by atoms with E-state index < -0.39 is 10.0 Å². The van der Waals surface area contributed by atoms with E-state index >= 15 is 0 Å². The molecule has 134 valence electrons. The van der Waals surface area contributed by atoms with E-state index in [0.29, 0.717) is 28.6 Å². The Morgan fingerprint density at radius 3 is 2.12 bits per heavy atom. The van der Waals surface area contributed by atoms with Crippen molar-refractivity contribution >= 4 is 27.3 Å². The minimum Gasteiger partial charge on any atom is -0.489 e. The first-order chi connectivity index (χ1) is 12.5. The van der Waals surface area contributed by atoms with Gasteiger partial charge in [-0.05, 0) is 47.5 Å². The summed E-state index contributed by atoms with van der Waals surface area (Å²) < 4.78 is 32.8. The van der Waals surface area contributed by atoms with Crippen molar-refractivity contribution in [3.63, 3.8) is 0 Å². The van der Waals surface area contributed by atoms with Gasteiger partial charge in [0.2, 0.25) is 10.0 Å². The Morgan fingerprint density at radius 1 is 0.808 bits per heavy atom.